The minimum atomic E-state index is -1.60. The molecular weight excluding hydrogens is 208 g/mol. The van der Waals surface area contributed by atoms with Crippen LogP contribution in [0.4, 0.5) is 0 Å². The molecule has 1 saturated heterocycles. The summed E-state index contributed by atoms with van der Waals surface area (Å²) in [5, 5.41) is 46.6. The molecule has 0 aliphatic carbocycles. The molecule has 15 heavy (non-hydrogen) atoms. The molecule has 0 radical (unpaired) electrons. The van der Waals surface area contributed by atoms with Gasteiger partial charge >= 0.3 is 0 Å². The summed E-state index contributed by atoms with van der Waals surface area (Å²) >= 11 is 0. The summed E-state index contributed by atoms with van der Waals surface area (Å²) in [5.74, 6) is 0. The number of ether oxygens (including phenoxy) is 2. The van der Waals surface area contributed by atoms with E-state index < -0.39 is 43.4 Å². The minimum absolute atomic E-state index is 0.558. The maximum absolute atomic E-state index is 9.47. The van der Waals surface area contributed by atoms with Gasteiger partial charge in [0.25, 0.3) is 0 Å². The van der Waals surface area contributed by atoms with E-state index in [0.717, 1.165) is 0 Å². The molecule has 1 aliphatic rings. The first-order valence-electron chi connectivity index (χ1n) is 4.54. The van der Waals surface area contributed by atoms with Crippen LogP contribution >= 0.6 is 0 Å². The van der Waals surface area contributed by atoms with Crippen LogP contribution in [0.25, 0.3) is 0 Å². The van der Waals surface area contributed by atoms with Crippen molar-refractivity contribution in [2.45, 2.75) is 36.8 Å². The number of hydrogen-bond acceptors (Lipinski definition) is 7. The zero-order chi connectivity index (χ0) is 11.6. The molecule has 0 bridgehead atoms. The average molecular weight is 224 g/mol. The Morgan fingerprint density at radius 3 is 2.00 bits per heavy atom. The second-order valence-corrected chi connectivity index (χ2v) is 3.42. The van der Waals surface area contributed by atoms with Gasteiger partial charge in [-0.3, -0.25) is 0 Å². The van der Waals surface area contributed by atoms with Crippen molar-refractivity contribution in [3.05, 3.63) is 0 Å². The van der Waals surface area contributed by atoms with E-state index >= 15 is 0 Å². The molecule has 0 amide bonds. The van der Waals surface area contributed by atoms with Crippen LogP contribution in [0.1, 0.15) is 0 Å². The maximum atomic E-state index is 9.47. The standard InChI is InChI=1S/C8H16O7/c1-14-8-7(13)6(12)5(11)4(10)3(2-9)15-8/h3-13H,2H2,1H3/t3-,4-,5+,6-,7+,8+/m1/s1. The number of hydrogen-bond donors (Lipinski definition) is 5. The molecule has 0 spiro atoms. The highest BCUT2D eigenvalue weighted by atomic mass is 16.7. The molecule has 1 fully saturated rings. The van der Waals surface area contributed by atoms with Crippen molar-refractivity contribution in [2.24, 2.45) is 0 Å². The Hall–Kier alpha value is -0.280. The van der Waals surface area contributed by atoms with E-state index in [1.165, 1.54) is 7.11 Å². The van der Waals surface area contributed by atoms with E-state index in [0.29, 0.717) is 0 Å². The van der Waals surface area contributed by atoms with Gasteiger partial charge in [0.15, 0.2) is 6.29 Å². The summed E-state index contributed by atoms with van der Waals surface area (Å²) in [7, 11) is 1.24. The van der Waals surface area contributed by atoms with Crippen molar-refractivity contribution in [1.29, 1.82) is 0 Å². The zero-order valence-electron chi connectivity index (χ0n) is 8.22. The van der Waals surface area contributed by atoms with Crippen LogP contribution in [0, 0.1) is 0 Å². The number of aliphatic hydroxyl groups is 5. The van der Waals surface area contributed by atoms with Crippen molar-refractivity contribution in [3.8, 4) is 0 Å². The molecule has 1 aliphatic heterocycles. The summed E-state index contributed by atoms with van der Waals surface area (Å²) in [5.41, 5.74) is 0. The maximum Gasteiger partial charge on any atom is 0.186 e. The lowest BCUT2D eigenvalue weighted by Crippen LogP contribution is -2.47. The summed E-state index contributed by atoms with van der Waals surface area (Å²) in [6.45, 7) is -0.558. The molecule has 0 saturated carbocycles. The molecule has 90 valence electrons. The fraction of sp³-hybridized carbons (Fsp3) is 1.00. The molecule has 1 heterocycles. The van der Waals surface area contributed by atoms with Gasteiger partial charge in [-0.2, -0.15) is 0 Å². The highest BCUT2D eigenvalue weighted by Crippen LogP contribution is 2.21. The molecule has 7 heteroatoms. The predicted molar refractivity (Wildman–Crippen MR) is 46.8 cm³/mol. The van der Waals surface area contributed by atoms with Crippen molar-refractivity contribution >= 4 is 0 Å². The van der Waals surface area contributed by atoms with Crippen LogP contribution in [-0.2, 0) is 9.47 Å². The van der Waals surface area contributed by atoms with Crippen molar-refractivity contribution < 1.29 is 35.0 Å². The fourth-order valence-corrected chi connectivity index (χ4v) is 1.46. The molecule has 5 N–H and O–H groups in total. The lowest BCUT2D eigenvalue weighted by molar-refractivity contribution is -0.221. The molecule has 0 aromatic carbocycles. The molecule has 7 nitrogen and oxygen atoms in total. The quantitative estimate of drug-likeness (QED) is 0.335. The van der Waals surface area contributed by atoms with Gasteiger partial charge in [-0.05, 0) is 0 Å². The Morgan fingerprint density at radius 2 is 1.53 bits per heavy atom. The zero-order valence-corrected chi connectivity index (χ0v) is 8.22. The normalized spacial score (nSPS) is 47.6. The smallest absolute Gasteiger partial charge is 0.186 e. The Balaban J connectivity index is 2.85. The summed E-state index contributed by atoms with van der Waals surface area (Å²) in [4.78, 5) is 0. The molecular formula is C8H16O7. The number of methoxy groups -OCH3 is 1. The van der Waals surface area contributed by atoms with Crippen LogP contribution in [0.15, 0.2) is 0 Å². The van der Waals surface area contributed by atoms with E-state index in [2.05, 4.69) is 0 Å². The van der Waals surface area contributed by atoms with Gasteiger partial charge in [-0.1, -0.05) is 0 Å². The third kappa shape index (κ3) is 2.45. The minimum Gasteiger partial charge on any atom is -0.394 e. The fourth-order valence-electron chi connectivity index (χ4n) is 1.46. The Bertz CT molecular complexity index is 170. The Kier molecular flexibility index (Phi) is 4.41. The Labute approximate surface area is 86.5 Å². The monoisotopic (exact) mass is 224 g/mol. The van der Waals surface area contributed by atoms with E-state index in [1.807, 2.05) is 0 Å². The molecule has 0 aromatic heterocycles. The van der Waals surface area contributed by atoms with E-state index in [4.69, 9.17) is 14.6 Å². The van der Waals surface area contributed by atoms with Crippen LogP contribution < -0.4 is 0 Å². The van der Waals surface area contributed by atoms with Crippen LogP contribution in [-0.4, -0.2) is 76.1 Å². The lowest BCUT2D eigenvalue weighted by atomic mass is 10.0. The average Bonchev–Trinajstić information content (AvgIpc) is 2.33. The van der Waals surface area contributed by atoms with Crippen molar-refractivity contribution in [1.82, 2.24) is 0 Å². The van der Waals surface area contributed by atoms with Gasteiger partial charge in [0, 0.05) is 7.11 Å². The molecule has 6 atom stereocenters. The first-order valence-corrected chi connectivity index (χ1v) is 4.54. The van der Waals surface area contributed by atoms with Gasteiger partial charge < -0.3 is 35.0 Å². The molecule has 1 rings (SSSR count). The van der Waals surface area contributed by atoms with E-state index in [9.17, 15) is 20.4 Å². The third-order valence-corrected chi connectivity index (χ3v) is 2.43. The van der Waals surface area contributed by atoms with Gasteiger partial charge in [-0.25, -0.2) is 0 Å². The predicted octanol–water partition coefficient (Wildman–Crippen LogP) is -3.21. The summed E-state index contributed by atoms with van der Waals surface area (Å²) < 4.78 is 9.70. The van der Waals surface area contributed by atoms with Crippen LogP contribution in [0.2, 0.25) is 0 Å². The highest BCUT2D eigenvalue weighted by Gasteiger charge is 2.44. The first-order chi connectivity index (χ1) is 7.02. The van der Waals surface area contributed by atoms with Gasteiger partial charge in [0.1, 0.15) is 30.5 Å². The summed E-state index contributed by atoms with van der Waals surface area (Å²) in [6, 6.07) is 0. The largest absolute Gasteiger partial charge is 0.394 e. The second-order valence-electron chi connectivity index (χ2n) is 3.42. The van der Waals surface area contributed by atoms with E-state index in [-0.39, 0.29) is 0 Å². The summed E-state index contributed by atoms with van der Waals surface area (Å²) in [6.07, 6.45) is -8.49. The number of aliphatic hydroxyl groups excluding tert-OH is 5. The van der Waals surface area contributed by atoms with Crippen LogP contribution in [0.3, 0.4) is 0 Å². The highest BCUT2D eigenvalue weighted by molar-refractivity contribution is 4.90. The second kappa shape index (κ2) is 5.17. The molecule has 0 unspecified atom stereocenters. The first kappa shape index (κ1) is 12.8. The Morgan fingerprint density at radius 1 is 1.00 bits per heavy atom. The van der Waals surface area contributed by atoms with Crippen LogP contribution in [0.5, 0.6) is 0 Å². The number of rotatable bonds is 2. The lowest BCUT2D eigenvalue weighted by Gasteiger charge is -2.23. The third-order valence-electron chi connectivity index (χ3n) is 2.43. The molecule has 0 aromatic rings. The van der Waals surface area contributed by atoms with Gasteiger partial charge in [0.05, 0.1) is 6.61 Å². The van der Waals surface area contributed by atoms with Crippen molar-refractivity contribution in [2.75, 3.05) is 13.7 Å². The van der Waals surface area contributed by atoms with Gasteiger partial charge in [0.2, 0.25) is 0 Å². The SMILES string of the molecule is CO[C@H]1O[C@H](CO)[C@@H](O)[C@H](O)[C@@H](O)[C@@H]1O. The van der Waals surface area contributed by atoms with Crippen molar-refractivity contribution in [3.63, 3.8) is 0 Å². The van der Waals surface area contributed by atoms with E-state index in [1.54, 1.807) is 0 Å². The van der Waals surface area contributed by atoms with Gasteiger partial charge in [-0.15, -0.1) is 0 Å². The topological polar surface area (TPSA) is 120 Å².